The lowest BCUT2D eigenvalue weighted by molar-refractivity contribution is -0.118. The van der Waals surface area contributed by atoms with E-state index in [1.165, 1.54) is 0 Å². The van der Waals surface area contributed by atoms with Gasteiger partial charge in [-0.2, -0.15) is 5.26 Å². The molecule has 0 saturated carbocycles. The van der Waals surface area contributed by atoms with Crippen LogP contribution in [-0.2, 0) is 9.59 Å². The van der Waals surface area contributed by atoms with Gasteiger partial charge in [0, 0.05) is 35.3 Å². The van der Waals surface area contributed by atoms with Crippen molar-refractivity contribution in [1.29, 1.82) is 5.26 Å². The number of rotatable bonds is 8. The maximum atomic E-state index is 12.3. The van der Waals surface area contributed by atoms with Crippen LogP contribution in [0.1, 0.15) is 43.2 Å². The van der Waals surface area contributed by atoms with Gasteiger partial charge in [0.2, 0.25) is 11.8 Å². The van der Waals surface area contributed by atoms with Crippen LogP contribution >= 0.6 is 0 Å². The number of nitrogens with one attached hydrogen (secondary N) is 1. The molecule has 0 atom stereocenters. The van der Waals surface area contributed by atoms with Gasteiger partial charge in [0.15, 0.2) is 0 Å². The lowest BCUT2D eigenvalue weighted by Crippen LogP contribution is -2.13. The number of amides is 2. The van der Waals surface area contributed by atoms with Crippen molar-refractivity contribution in [3.05, 3.63) is 47.5 Å². The van der Waals surface area contributed by atoms with Gasteiger partial charge >= 0.3 is 0 Å². The molecule has 0 heterocycles. The van der Waals surface area contributed by atoms with Crippen molar-refractivity contribution in [2.75, 3.05) is 11.1 Å². The molecule has 6 nitrogen and oxygen atoms in total. The molecule has 140 valence electrons. The van der Waals surface area contributed by atoms with Gasteiger partial charge in [0.05, 0.1) is 11.6 Å². The minimum Gasteiger partial charge on any atom is -0.398 e. The third-order valence-electron chi connectivity index (χ3n) is 4.25. The van der Waals surface area contributed by atoms with E-state index in [1.807, 2.05) is 25.1 Å². The summed E-state index contributed by atoms with van der Waals surface area (Å²) in [6.07, 6.45) is 2.88. The fourth-order valence-corrected chi connectivity index (χ4v) is 2.84. The summed E-state index contributed by atoms with van der Waals surface area (Å²) < 4.78 is 0. The number of primary amides is 1. The predicted octanol–water partition coefficient (Wildman–Crippen LogP) is 3.49. The topological polar surface area (TPSA) is 122 Å². The van der Waals surface area contributed by atoms with Crippen LogP contribution in [0.4, 0.5) is 11.4 Å². The fraction of sp³-hybridized carbons (Fsp3) is 0.286. The van der Waals surface area contributed by atoms with Gasteiger partial charge in [-0.05, 0) is 44.0 Å². The molecule has 2 aromatic carbocycles. The molecule has 0 aliphatic heterocycles. The van der Waals surface area contributed by atoms with Crippen LogP contribution in [0.5, 0.6) is 0 Å². The molecule has 2 rings (SSSR count). The van der Waals surface area contributed by atoms with Crippen molar-refractivity contribution in [3.8, 4) is 17.2 Å². The van der Waals surface area contributed by atoms with Crippen LogP contribution in [0.3, 0.4) is 0 Å². The van der Waals surface area contributed by atoms with Crippen molar-refractivity contribution < 1.29 is 9.59 Å². The Morgan fingerprint density at radius 1 is 1.04 bits per heavy atom. The first-order valence-electron chi connectivity index (χ1n) is 8.89. The lowest BCUT2D eigenvalue weighted by atomic mass is 9.98. The highest BCUT2D eigenvalue weighted by Crippen LogP contribution is 2.33. The Morgan fingerprint density at radius 3 is 2.44 bits per heavy atom. The summed E-state index contributed by atoms with van der Waals surface area (Å²) in [7, 11) is 0. The zero-order valence-corrected chi connectivity index (χ0v) is 15.4. The molecule has 0 aromatic heterocycles. The molecule has 0 unspecified atom stereocenters. The SMILES string of the molecule is Cc1ccc(NC(=O)CCCCCC(N)=O)c(-c2ccc(C#N)cc2N)c1. The number of hydrogen-bond acceptors (Lipinski definition) is 4. The van der Waals surface area contributed by atoms with Crippen LogP contribution in [0, 0.1) is 18.3 Å². The summed E-state index contributed by atoms with van der Waals surface area (Å²) in [4.78, 5) is 23.0. The van der Waals surface area contributed by atoms with Crippen molar-refractivity contribution in [2.24, 2.45) is 5.73 Å². The van der Waals surface area contributed by atoms with Crippen molar-refractivity contribution in [1.82, 2.24) is 0 Å². The summed E-state index contributed by atoms with van der Waals surface area (Å²) in [5.41, 5.74) is 15.5. The van der Waals surface area contributed by atoms with E-state index in [0.29, 0.717) is 42.6 Å². The van der Waals surface area contributed by atoms with Crippen LogP contribution in [0.25, 0.3) is 11.1 Å². The van der Waals surface area contributed by atoms with Crippen LogP contribution in [0.2, 0.25) is 0 Å². The highest BCUT2D eigenvalue weighted by Gasteiger charge is 2.12. The maximum absolute atomic E-state index is 12.3. The number of hydrogen-bond donors (Lipinski definition) is 3. The minimum atomic E-state index is -0.316. The maximum Gasteiger partial charge on any atom is 0.224 e. The molecule has 0 fully saturated rings. The van der Waals surface area contributed by atoms with E-state index >= 15 is 0 Å². The Morgan fingerprint density at radius 2 is 1.78 bits per heavy atom. The van der Waals surface area contributed by atoms with Crippen molar-refractivity contribution in [3.63, 3.8) is 0 Å². The van der Waals surface area contributed by atoms with Crippen LogP contribution in [0.15, 0.2) is 36.4 Å². The van der Waals surface area contributed by atoms with E-state index in [0.717, 1.165) is 23.1 Å². The molecule has 0 bridgehead atoms. The summed E-state index contributed by atoms with van der Waals surface area (Å²) in [6.45, 7) is 1.97. The van der Waals surface area contributed by atoms with E-state index in [4.69, 9.17) is 16.7 Å². The van der Waals surface area contributed by atoms with E-state index < -0.39 is 0 Å². The van der Waals surface area contributed by atoms with E-state index in [2.05, 4.69) is 11.4 Å². The number of aryl methyl sites for hydroxylation is 1. The molecular weight excluding hydrogens is 340 g/mol. The molecule has 0 radical (unpaired) electrons. The fourth-order valence-electron chi connectivity index (χ4n) is 2.84. The third kappa shape index (κ3) is 5.86. The molecule has 27 heavy (non-hydrogen) atoms. The second-order valence-electron chi connectivity index (χ2n) is 6.54. The number of nitrogens with zero attached hydrogens (tertiary/aromatic N) is 1. The number of nitrogens with two attached hydrogens (primary N) is 2. The van der Waals surface area contributed by atoms with E-state index in [-0.39, 0.29) is 11.8 Å². The van der Waals surface area contributed by atoms with E-state index in [1.54, 1.807) is 18.2 Å². The normalized spacial score (nSPS) is 10.2. The smallest absolute Gasteiger partial charge is 0.224 e. The molecule has 0 saturated heterocycles. The summed E-state index contributed by atoms with van der Waals surface area (Å²) in [5, 5.41) is 11.9. The predicted molar refractivity (Wildman–Crippen MR) is 107 cm³/mol. The Bertz CT molecular complexity index is 884. The highest BCUT2D eigenvalue weighted by molar-refractivity contribution is 5.97. The second kappa shape index (κ2) is 9.39. The molecule has 0 spiro atoms. The first kappa shape index (κ1) is 20.0. The Kier molecular flexibility index (Phi) is 6.95. The number of nitrogen functional groups attached to an aromatic ring is 1. The Balaban J connectivity index is 2.11. The number of anilines is 2. The summed E-state index contributed by atoms with van der Waals surface area (Å²) >= 11 is 0. The minimum absolute atomic E-state index is 0.0913. The van der Waals surface area contributed by atoms with E-state index in [9.17, 15) is 9.59 Å². The molecule has 2 aromatic rings. The Hall–Kier alpha value is -3.33. The van der Waals surface area contributed by atoms with Gasteiger partial charge in [0.1, 0.15) is 0 Å². The van der Waals surface area contributed by atoms with Crippen molar-refractivity contribution in [2.45, 2.75) is 39.0 Å². The highest BCUT2D eigenvalue weighted by atomic mass is 16.1. The first-order valence-corrected chi connectivity index (χ1v) is 8.89. The third-order valence-corrected chi connectivity index (χ3v) is 4.25. The summed E-state index contributed by atoms with van der Waals surface area (Å²) in [6, 6.07) is 12.9. The molecule has 0 aliphatic rings. The monoisotopic (exact) mass is 364 g/mol. The second-order valence-corrected chi connectivity index (χ2v) is 6.54. The molecule has 5 N–H and O–H groups in total. The van der Waals surface area contributed by atoms with Gasteiger partial charge in [-0.25, -0.2) is 0 Å². The number of unbranched alkanes of at least 4 members (excludes halogenated alkanes) is 2. The van der Waals surface area contributed by atoms with Crippen LogP contribution < -0.4 is 16.8 Å². The average molecular weight is 364 g/mol. The number of carbonyl (C=O) groups is 2. The summed E-state index contributed by atoms with van der Waals surface area (Å²) in [5.74, 6) is -0.407. The standard InChI is InChI=1S/C21H24N4O2/c1-14-7-10-19(25-21(27)6-4-2-3-5-20(24)26)17(11-14)16-9-8-15(13-22)12-18(16)23/h7-12H,2-6,23H2,1H3,(H2,24,26)(H,25,27). The number of carbonyl (C=O) groups excluding carboxylic acids is 2. The lowest BCUT2D eigenvalue weighted by Gasteiger charge is -2.14. The number of nitriles is 1. The van der Waals surface area contributed by atoms with Gasteiger partial charge in [-0.1, -0.05) is 24.1 Å². The van der Waals surface area contributed by atoms with Crippen LogP contribution in [-0.4, -0.2) is 11.8 Å². The molecular formula is C21H24N4O2. The quantitative estimate of drug-likeness (QED) is 0.490. The van der Waals surface area contributed by atoms with Gasteiger partial charge < -0.3 is 16.8 Å². The van der Waals surface area contributed by atoms with Gasteiger partial charge in [0.25, 0.3) is 0 Å². The zero-order chi connectivity index (χ0) is 19.8. The van der Waals surface area contributed by atoms with Crippen molar-refractivity contribution >= 4 is 23.2 Å². The number of benzene rings is 2. The Labute approximate surface area is 159 Å². The molecule has 0 aliphatic carbocycles. The average Bonchev–Trinajstić information content (AvgIpc) is 2.62. The first-order chi connectivity index (χ1) is 12.9. The zero-order valence-electron chi connectivity index (χ0n) is 15.4. The molecule has 2 amide bonds. The van der Waals surface area contributed by atoms with Gasteiger partial charge in [-0.15, -0.1) is 0 Å². The van der Waals surface area contributed by atoms with Gasteiger partial charge in [-0.3, -0.25) is 9.59 Å². The molecule has 6 heteroatoms. The largest absolute Gasteiger partial charge is 0.398 e.